The molecule has 0 amide bonds. The lowest BCUT2D eigenvalue weighted by Crippen LogP contribution is -2.17. The number of anilines is 2. The van der Waals surface area contributed by atoms with Crippen LogP contribution in [0.25, 0.3) is 11.0 Å². The maximum atomic E-state index is 6.50. The number of benzene rings is 1. The number of fused-ring (bicyclic) bond motifs is 2. The Bertz CT molecular complexity index is 1140. The second-order valence-corrected chi connectivity index (χ2v) is 7.20. The van der Waals surface area contributed by atoms with Crippen LogP contribution in [0.5, 0.6) is 5.75 Å². The number of aromatic nitrogens is 4. The average molecular weight is 392 g/mol. The summed E-state index contributed by atoms with van der Waals surface area (Å²) in [5, 5.41) is 11.0. The molecule has 28 heavy (non-hydrogen) atoms. The first-order valence-electron chi connectivity index (χ1n) is 9.24. The summed E-state index contributed by atoms with van der Waals surface area (Å²) in [6, 6.07) is 13.5. The van der Waals surface area contributed by atoms with Gasteiger partial charge in [-0.05, 0) is 61.2 Å². The molecule has 140 valence electrons. The number of pyridine rings is 2. The third-order valence-electron chi connectivity index (χ3n) is 4.93. The molecule has 1 aliphatic rings. The second kappa shape index (κ2) is 7.13. The van der Waals surface area contributed by atoms with Crippen LogP contribution < -0.4 is 10.1 Å². The zero-order valence-electron chi connectivity index (χ0n) is 15.0. The van der Waals surface area contributed by atoms with Crippen molar-refractivity contribution in [2.75, 3.05) is 5.32 Å². The lowest BCUT2D eigenvalue weighted by molar-refractivity contribution is 0.178. The van der Waals surface area contributed by atoms with Crippen molar-refractivity contribution in [2.24, 2.45) is 0 Å². The van der Waals surface area contributed by atoms with Gasteiger partial charge in [0.1, 0.15) is 17.4 Å². The van der Waals surface area contributed by atoms with E-state index in [-0.39, 0.29) is 6.10 Å². The highest BCUT2D eigenvalue weighted by Crippen LogP contribution is 2.36. The molecular formula is C21H18ClN5O. The summed E-state index contributed by atoms with van der Waals surface area (Å²) in [4.78, 5) is 8.88. The van der Waals surface area contributed by atoms with E-state index in [0.717, 1.165) is 41.7 Å². The van der Waals surface area contributed by atoms with Crippen molar-refractivity contribution in [2.45, 2.75) is 25.4 Å². The molecule has 1 aromatic carbocycles. The van der Waals surface area contributed by atoms with Crippen molar-refractivity contribution >= 4 is 34.1 Å². The third-order valence-corrected chi connectivity index (χ3v) is 5.22. The highest BCUT2D eigenvalue weighted by Gasteiger charge is 2.23. The van der Waals surface area contributed by atoms with Gasteiger partial charge in [0.2, 0.25) is 0 Å². The summed E-state index contributed by atoms with van der Waals surface area (Å²) < 4.78 is 6.22. The second-order valence-electron chi connectivity index (χ2n) is 6.79. The predicted molar refractivity (Wildman–Crippen MR) is 109 cm³/mol. The predicted octanol–water partition coefficient (Wildman–Crippen LogP) is 5.21. The van der Waals surface area contributed by atoms with E-state index in [1.165, 1.54) is 5.56 Å². The molecule has 5 rings (SSSR count). The van der Waals surface area contributed by atoms with Gasteiger partial charge in [0.05, 0.1) is 16.2 Å². The standard InChI is InChI=1S/C21H18ClN5O/c22-15-12-14(25-21-20-16(26-27-21)6-3-11-24-20)8-9-17(15)28-18-7-1-4-13-5-2-10-23-19(13)18/h2-3,5-6,8-12,18H,1,4,7H2,(H2,25,26,27). The minimum atomic E-state index is -0.0688. The Morgan fingerprint density at radius 1 is 1.11 bits per heavy atom. The number of nitrogens with one attached hydrogen (secondary N) is 2. The number of ether oxygens (including phenoxy) is 1. The maximum absolute atomic E-state index is 6.50. The summed E-state index contributed by atoms with van der Waals surface area (Å²) in [5.41, 5.74) is 4.74. The molecule has 1 unspecified atom stereocenters. The fraction of sp³-hybridized carbons (Fsp3) is 0.190. The fourth-order valence-electron chi connectivity index (χ4n) is 3.59. The third kappa shape index (κ3) is 3.16. The van der Waals surface area contributed by atoms with Crippen LogP contribution in [0.1, 0.15) is 30.2 Å². The molecule has 0 saturated carbocycles. The Morgan fingerprint density at radius 3 is 2.93 bits per heavy atom. The van der Waals surface area contributed by atoms with E-state index in [0.29, 0.717) is 16.6 Å². The lowest BCUT2D eigenvalue weighted by Gasteiger charge is -2.25. The Morgan fingerprint density at radius 2 is 2.00 bits per heavy atom. The quantitative estimate of drug-likeness (QED) is 0.499. The van der Waals surface area contributed by atoms with Gasteiger partial charge in [0.25, 0.3) is 0 Å². The molecule has 0 fully saturated rings. The molecule has 0 radical (unpaired) electrons. The molecular weight excluding hydrogens is 374 g/mol. The van der Waals surface area contributed by atoms with Gasteiger partial charge in [0.15, 0.2) is 5.82 Å². The minimum Gasteiger partial charge on any atom is -0.483 e. The molecule has 0 bridgehead atoms. The van der Waals surface area contributed by atoms with Crippen LogP contribution in [0.2, 0.25) is 5.02 Å². The fourth-order valence-corrected chi connectivity index (χ4v) is 3.81. The first kappa shape index (κ1) is 17.0. The van der Waals surface area contributed by atoms with Gasteiger partial charge in [-0.25, -0.2) is 0 Å². The first-order valence-corrected chi connectivity index (χ1v) is 9.62. The number of aryl methyl sites for hydroxylation is 1. The summed E-state index contributed by atoms with van der Waals surface area (Å²) in [5.74, 6) is 1.31. The normalized spacial score (nSPS) is 16.0. The van der Waals surface area contributed by atoms with Gasteiger partial charge >= 0.3 is 0 Å². The molecule has 3 aromatic heterocycles. The van der Waals surface area contributed by atoms with E-state index in [1.807, 2.05) is 42.6 Å². The van der Waals surface area contributed by atoms with Crippen LogP contribution in [-0.2, 0) is 6.42 Å². The van der Waals surface area contributed by atoms with E-state index in [9.17, 15) is 0 Å². The van der Waals surface area contributed by atoms with Crippen molar-refractivity contribution < 1.29 is 4.74 Å². The topological polar surface area (TPSA) is 75.7 Å². The Kier molecular flexibility index (Phi) is 4.33. The molecule has 3 heterocycles. The molecule has 0 spiro atoms. The zero-order valence-corrected chi connectivity index (χ0v) is 15.8. The SMILES string of the molecule is Clc1cc(Nc2n[nH]c3cccnc23)ccc1OC1CCCc2cccnc21. The Hall–Kier alpha value is -3.12. The van der Waals surface area contributed by atoms with E-state index in [4.69, 9.17) is 16.3 Å². The lowest BCUT2D eigenvalue weighted by atomic mass is 9.94. The van der Waals surface area contributed by atoms with Gasteiger partial charge in [-0.3, -0.25) is 15.1 Å². The summed E-state index contributed by atoms with van der Waals surface area (Å²) in [6.07, 6.45) is 6.55. The van der Waals surface area contributed by atoms with Gasteiger partial charge in [-0.15, -0.1) is 0 Å². The number of hydrogen-bond donors (Lipinski definition) is 2. The Labute approximate surface area is 166 Å². The number of hydrogen-bond acceptors (Lipinski definition) is 5. The monoisotopic (exact) mass is 391 g/mol. The van der Waals surface area contributed by atoms with Gasteiger partial charge < -0.3 is 10.1 Å². The van der Waals surface area contributed by atoms with Gasteiger partial charge in [-0.2, -0.15) is 5.10 Å². The molecule has 2 N–H and O–H groups in total. The number of aromatic amines is 1. The molecule has 6 nitrogen and oxygen atoms in total. The van der Waals surface area contributed by atoms with E-state index in [1.54, 1.807) is 6.20 Å². The minimum absolute atomic E-state index is 0.0688. The van der Waals surface area contributed by atoms with Gasteiger partial charge in [-0.1, -0.05) is 17.7 Å². The average Bonchev–Trinajstić information content (AvgIpc) is 3.13. The van der Waals surface area contributed by atoms with Crippen molar-refractivity contribution in [3.63, 3.8) is 0 Å². The number of nitrogens with zero attached hydrogens (tertiary/aromatic N) is 3. The maximum Gasteiger partial charge on any atom is 0.178 e. The Balaban J connectivity index is 1.37. The van der Waals surface area contributed by atoms with Crippen LogP contribution >= 0.6 is 11.6 Å². The van der Waals surface area contributed by atoms with Crippen molar-refractivity contribution in [1.82, 2.24) is 20.2 Å². The van der Waals surface area contributed by atoms with Crippen LogP contribution in [0, 0.1) is 0 Å². The summed E-state index contributed by atoms with van der Waals surface area (Å²) in [7, 11) is 0. The molecule has 0 saturated heterocycles. The molecule has 1 aliphatic carbocycles. The van der Waals surface area contributed by atoms with Crippen LogP contribution in [0.15, 0.2) is 54.9 Å². The summed E-state index contributed by atoms with van der Waals surface area (Å²) in [6.45, 7) is 0. The largest absolute Gasteiger partial charge is 0.483 e. The number of rotatable bonds is 4. The highest BCUT2D eigenvalue weighted by molar-refractivity contribution is 6.32. The van der Waals surface area contributed by atoms with E-state index in [2.05, 4.69) is 31.5 Å². The number of halogens is 1. The van der Waals surface area contributed by atoms with Crippen LogP contribution in [0.3, 0.4) is 0 Å². The van der Waals surface area contributed by atoms with Crippen LogP contribution in [0.4, 0.5) is 11.5 Å². The molecule has 1 atom stereocenters. The molecule has 4 aromatic rings. The van der Waals surface area contributed by atoms with Gasteiger partial charge in [0, 0.05) is 18.1 Å². The van der Waals surface area contributed by atoms with Crippen molar-refractivity contribution in [3.05, 3.63) is 71.1 Å². The molecule has 0 aliphatic heterocycles. The van der Waals surface area contributed by atoms with Crippen LogP contribution in [-0.4, -0.2) is 20.2 Å². The first-order chi connectivity index (χ1) is 13.8. The zero-order chi connectivity index (χ0) is 18.9. The van der Waals surface area contributed by atoms with E-state index < -0.39 is 0 Å². The highest BCUT2D eigenvalue weighted by atomic mass is 35.5. The van der Waals surface area contributed by atoms with Crippen molar-refractivity contribution in [1.29, 1.82) is 0 Å². The summed E-state index contributed by atoms with van der Waals surface area (Å²) >= 11 is 6.50. The molecule has 7 heteroatoms. The number of H-pyrrole nitrogens is 1. The van der Waals surface area contributed by atoms with E-state index >= 15 is 0 Å². The van der Waals surface area contributed by atoms with Crippen molar-refractivity contribution in [3.8, 4) is 5.75 Å². The smallest absolute Gasteiger partial charge is 0.178 e.